The topological polar surface area (TPSA) is 151 Å². The number of nitrogens with zero attached hydrogens (tertiary/aromatic N) is 6. The predicted molar refractivity (Wildman–Crippen MR) is 247 cm³/mol. The van der Waals surface area contributed by atoms with E-state index < -0.39 is 23.2 Å². The van der Waals surface area contributed by atoms with Gasteiger partial charge in [-0.05, 0) is 98.1 Å². The Hall–Kier alpha value is -5.74. The second kappa shape index (κ2) is 20.2. The van der Waals surface area contributed by atoms with Crippen LogP contribution in [0.5, 0.6) is 0 Å². The van der Waals surface area contributed by atoms with Crippen LogP contribution in [0.25, 0.3) is 11.1 Å². The zero-order valence-corrected chi connectivity index (χ0v) is 37.8. The molecule has 342 valence electrons. The van der Waals surface area contributed by atoms with Crippen LogP contribution >= 0.6 is 11.6 Å². The van der Waals surface area contributed by atoms with E-state index in [1.54, 1.807) is 45.2 Å². The second-order valence-electron chi connectivity index (χ2n) is 17.8. The third-order valence-electron chi connectivity index (χ3n) is 13.4. The Balaban J connectivity index is 0.773. The van der Waals surface area contributed by atoms with Crippen molar-refractivity contribution < 1.29 is 28.4 Å². The summed E-state index contributed by atoms with van der Waals surface area (Å²) in [6, 6.07) is 21.8. The van der Waals surface area contributed by atoms with Gasteiger partial charge in [0.1, 0.15) is 11.7 Å². The number of anilines is 1. The summed E-state index contributed by atoms with van der Waals surface area (Å²) in [5, 5.41) is 2.79. The van der Waals surface area contributed by atoms with Crippen LogP contribution in [0.1, 0.15) is 74.6 Å². The van der Waals surface area contributed by atoms with Crippen molar-refractivity contribution >= 4 is 46.8 Å². The van der Waals surface area contributed by atoms with Gasteiger partial charge >= 0.3 is 0 Å². The molecule has 0 spiro atoms. The first-order chi connectivity index (χ1) is 31.4. The Bertz CT molecular complexity index is 2430. The SMILES string of the molecule is CCc1cccc(-c2cnc(C(=O)N3CCN(CC4CCN(CC(=O)N5CCN(C(=O)c6cc(CC7(C)NNC(=O)c8ccccc87)ccc6F)CC5)CC4)CC3)c(NC(=O)CCl)c2)c1. The number of piperidine rings is 1. The van der Waals surface area contributed by atoms with Gasteiger partial charge in [-0.2, -0.15) is 0 Å². The van der Waals surface area contributed by atoms with Gasteiger partial charge in [0.05, 0.1) is 23.3 Å². The Morgan fingerprint density at radius 2 is 1.51 bits per heavy atom. The molecule has 14 nitrogen and oxygen atoms in total. The van der Waals surface area contributed by atoms with Crippen LogP contribution in [0, 0.1) is 11.7 Å². The lowest BCUT2D eigenvalue weighted by Gasteiger charge is -2.39. The van der Waals surface area contributed by atoms with E-state index in [0.717, 1.165) is 74.2 Å². The fraction of sp³-hybridized carbons (Fsp3) is 0.429. The minimum Gasteiger partial charge on any atom is -0.338 e. The minimum atomic E-state index is -0.668. The smallest absolute Gasteiger partial charge is 0.274 e. The Kier molecular flexibility index (Phi) is 14.2. The average Bonchev–Trinajstić information content (AvgIpc) is 3.34. The third-order valence-corrected chi connectivity index (χ3v) is 13.6. The fourth-order valence-electron chi connectivity index (χ4n) is 9.52. The molecule has 3 N–H and O–H groups in total. The monoisotopic (exact) mass is 905 g/mol. The molecule has 0 radical (unpaired) electrons. The molecule has 1 unspecified atom stereocenters. The van der Waals surface area contributed by atoms with Gasteiger partial charge in [-0.25, -0.2) is 14.8 Å². The Morgan fingerprint density at radius 3 is 2.25 bits per heavy atom. The number of piperazine rings is 2. The molecule has 1 atom stereocenters. The van der Waals surface area contributed by atoms with E-state index >= 15 is 4.39 Å². The second-order valence-corrected chi connectivity index (χ2v) is 18.1. The highest BCUT2D eigenvalue weighted by Crippen LogP contribution is 2.32. The van der Waals surface area contributed by atoms with Crippen molar-refractivity contribution in [3.8, 4) is 11.1 Å². The summed E-state index contributed by atoms with van der Waals surface area (Å²) >= 11 is 5.83. The van der Waals surface area contributed by atoms with Crippen LogP contribution in [-0.2, 0) is 28.0 Å². The maximum Gasteiger partial charge on any atom is 0.274 e. The number of nitrogens with one attached hydrogen (secondary N) is 3. The lowest BCUT2D eigenvalue weighted by atomic mass is 9.82. The number of aryl methyl sites for hydroxylation is 1. The third kappa shape index (κ3) is 10.5. The number of alkyl halides is 1. The molecule has 0 bridgehead atoms. The molecule has 8 rings (SSSR count). The number of amides is 5. The number of rotatable bonds is 12. The van der Waals surface area contributed by atoms with Gasteiger partial charge in [0.25, 0.3) is 17.7 Å². The highest BCUT2D eigenvalue weighted by atomic mass is 35.5. The molecule has 5 amide bonds. The van der Waals surface area contributed by atoms with Gasteiger partial charge < -0.3 is 20.0 Å². The summed E-state index contributed by atoms with van der Waals surface area (Å²) in [6.45, 7) is 10.9. The molecule has 16 heteroatoms. The van der Waals surface area contributed by atoms with E-state index in [-0.39, 0.29) is 34.9 Å². The number of hydrogen-bond donors (Lipinski definition) is 3. The maximum atomic E-state index is 15.2. The van der Waals surface area contributed by atoms with Crippen molar-refractivity contribution in [1.29, 1.82) is 0 Å². The maximum absolute atomic E-state index is 15.2. The molecule has 0 aliphatic carbocycles. The largest absolute Gasteiger partial charge is 0.338 e. The number of hydrazine groups is 1. The Labute approximate surface area is 384 Å². The van der Waals surface area contributed by atoms with Gasteiger partial charge in [-0.3, -0.25) is 39.2 Å². The molecule has 4 aromatic rings. The number of pyridine rings is 1. The normalized spacial score (nSPS) is 19.7. The molecule has 65 heavy (non-hydrogen) atoms. The van der Waals surface area contributed by atoms with Gasteiger partial charge in [0.15, 0.2) is 5.69 Å². The van der Waals surface area contributed by atoms with Crippen molar-refractivity contribution in [2.75, 3.05) is 89.7 Å². The minimum absolute atomic E-state index is 0.00591. The van der Waals surface area contributed by atoms with E-state index in [2.05, 4.69) is 50.0 Å². The van der Waals surface area contributed by atoms with Crippen molar-refractivity contribution in [3.05, 3.63) is 118 Å². The van der Waals surface area contributed by atoms with E-state index in [9.17, 15) is 24.0 Å². The fourth-order valence-corrected chi connectivity index (χ4v) is 9.59. The molecule has 4 aliphatic rings. The lowest BCUT2D eigenvalue weighted by Crippen LogP contribution is -2.56. The van der Waals surface area contributed by atoms with E-state index in [0.29, 0.717) is 69.4 Å². The first kappa shape index (κ1) is 45.8. The van der Waals surface area contributed by atoms with Crippen molar-refractivity contribution in [2.24, 2.45) is 5.92 Å². The number of benzene rings is 3. The van der Waals surface area contributed by atoms with Gasteiger partial charge in [-0.1, -0.05) is 55.5 Å². The molecule has 3 fully saturated rings. The predicted octanol–water partition coefficient (Wildman–Crippen LogP) is 4.79. The van der Waals surface area contributed by atoms with Crippen LogP contribution in [-0.4, -0.2) is 143 Å². The van der Waals surface area contributed by atoms with E-state index in [4.69, 9.17) is 11.6 Å². The van der Waals surface area contributed by atoms with E-state index in [1.807, 2.05) is 37.3 Å². The standard InChI is InChI=1S/C49H57ClFN9O5/c1-3-33-7-6-8-36(25-33)37-27-42(53-43(61)29-50)45(52-30-37)48(65)60-19-17-57(18-20-60)31-34-13-15-56(16-14-34)32-44(62)58-21-23-59(24-22-58)47(64)39-26-35(11-12-41(39)51)28-49(2)40-10-5-4-9-38(40)46(63)54-55-49/h4-12,25-27,30,34,55H,3,13-24,28-29,31-32H2,1-2H3,(H,53,61)(H,54,63). The van der Waals surface area contributed by atoms with Gasteiger partial charge in [0.2, 0.25) is 11.8 Å². The zero-order chi connectivity index (χ0) is 45.7. The average molecular weight is 907 g/mol. The van der Waals surface area contributed by atoms with Crippen LogP contribution < -0.4 is 16.2 Å². The van der Waals surface area contributed by atoms with Crippen LogP contribution in [0.3, 0.4) is 0 Å². The van der Waals surface area contributed by atoms with Crippen molar-refractivity contribution in [2.45, 2.75) is 45.1 Å². The summed E-state index contributed by atoms with van der Waals surface area (Å²) in [5.41, 5.74) is 10.8. The molecule has 0 saturated carbocycles. The van der Waals surface area contributed by atoms with E-state index in [1.165, 1.54) is 11.6 Å². The number of carbonyl (C=O) groups excluding carboxylic acids is 5. The number of hydrogen-bond acceptors (Lipinski definition) is 9. The van der Waals surface area contributed by atoms with Crippen LogP contribution in [0.2, 0.25) is 0 Å². The number of likely N-dealkylation sites (tertiary alicyclic amines) is 1. The summed E-state index contributed by atoms with van der Waals surface area (Å²) in [4.78, 5) is 80.0. The molecule has 1 aromatic heterocycles. The molecular formula is C49H57ClFN9O5. The zero-order valence-electron chi connectivity index (χ0n) is 37.1. The van der Waals surface area contributed by atoms with Gasteiger partial charge in [-0.15, -0.1) is 11.6 Å². The first-order valence-electron chi connectivity index (χ1n) is 22.6. The summed E-state index contributed by atoms with van der Waals surface area (Å²) in [6.07, 6.45) is 4.92. The summed E-state index contributed by atoms with van der Waals surface area (Å²) < 4.78 is 15.2. The molecule has 3 aromatic carbocycles. The van der Waals surface area contributed by atoms with Crippen molar-refractivity contribution in [1.82, 2.24) is 40.3 Å². The number of fused-ring (bicyclic) bond motifs is 1. The quantitative estimate of drug-likeness (QED) is 0.171. The molecule has 4 aliphatic heterocycles. The number of aromatic nitrogens is 1. The Morgan fingerprint density at radius 1 is 0.800 bits per heavy atom. The number of halogens is 2. The summed E-state index contributed by atoms with van der Waals surface area (Å²) in [7, 11) is 0. The first-order valence-corrected chi connectivity index (χ1v) is 23.2. The molecular weight excluding hydrogens is 849 g/mol. The number of carbonyl (C=O) groups is 5. The summed E-state index contributed by atoms with van der Waals surface area (Å²) in [5.74, 6) is -1.57. The van der Waals surface area contributed by atoms with Crippen molar-refractivity contribution in [3.63, 3.8) is 0 Å². The van der Waals surface area contributed by atoms with Crippen LogP contribution in [0.15, 0.2) is 79.0 Å². The lowest BCUT2D eigenvalue weighted by molar-refractivity contribution is -0.134. The highest BCUT2D eigenvalue weighted by molar-refractivity contribution is 6.29. The van der Waals surface area contributed by atoms with Crippen LogP contribution in [0.4, 0.5) is 10.1 Å². The van der Waals surface area contributed by atoms with Gasteiger partial charge in [0, 0.05) is 76.2 Å². The highest BCUT2D eigenvalue weighted by Gasteiger charge is 2.36. The molecule has 3 saturated heterocycles. The molecule has 5 heterocycles.